The van der Waals surface area contributed by atoms with E-state index in [0.717, 1.165) is 11.1 Å². The quantitative estimate of drug-likeness (QED) is 0.907. The topological polar surface area (TPSA) is 51.8 Å². The molecule has 88 valence electrons. The average Bonchev–Trinajstić information content (AvgIpc) is 2.33. The van der Waals surface area contributed by atoms with Crippen molar-refractivity contribution in [2.75, 3.05) is 0 Å². The molecule has 1 atom stereocenters. The summed E-state index contributed by atoms with van der Waals surface area (Å²) in [6.07, 6.45) is 4.86. The third-order valence-electron chi connectivity index (χ3n) is 2.44. The van der Waals surface area contributed by atoms with E-state index in [2.05, 4.69) is 9.97 Å². The van der Waals surface area contributed by atoms with Gasteiger partial charge in [0.25, 0.3) is 0 Å². The lowest BCUT2D eigenvalue weighted by molar-refractivity contribution is 0.819. The predicted molar refractivity (Wildman–Crippen MR) is 70.1 cm³/mol. The van der Waals surface area contributed by atoms with Crippen LogP contribution in [-0.4, -0.2) is 9.97 Å². The van der Waals surface area contributed by atoms with Gasteiger partial charge in [0.2, 0.25) is 0 Å². The highest BCUT2D eigenvalue weighted by molar-refractivity contribution is 6.44. The van der Waals surface area contributed by atoms with Gasteiger partial charge >= 0.3 is 0 Å². The van der Waals surface area contributed by atoms with Crippen LogP contribution >= 0.6 is 23.2 Å². The molecule has 0 amide bonds. The highest BCUT2D eigenvalue weighted by Gasteiger charge is 2.14. The first kappa shape index (κ1) is 12.3. The van der Waals surface area contributed by atoms with Crippen LogP contribution in [0, 0.1) is 0 Å². The lowest BCUT2D eigenvalue weighted by Gasteiger charge is -2.12. The summed E-state index contributed by atoms with van der Waals surface area (Å²) in [5.74, 6) is 0. The molecule has 0 aliphatic carbocycles. The Labute approximate surface area is 110 Å². The second-order valence-electron chi connectivity index (χ2n) is 3.71. The molecule has 1 aromatic carbocycles. The van der Waals surface area contributed by atoms with Crippen molar-refractivity contribution in [1.82, 2.24) is 9.97 Å². The van der Waals surface area contributed by atoms with Crippen molar-refractivity contribution in [2.24, 2.45) is 5.73 Å². The number of hydrogen-bond donors (Lipinski definition) is 1. The van der Waals surface area contributed by atoms with Gasteiger partial charge in [0.1, 0.15) is 0 Å². The van der Waals surface area contributed by atoms with E-state index >= 15 is 0 Å². The second kappa shape index (κ2) is 5.00. The van der Waals surface area contributed by atoms with Crippen molar-refractivity contribution in [3.05, 3.63) is 46.3 Å². The highest BCUT2D eigenvalue weighted by Crippen LogP contribution is 2.36. The SMILES string of the molecule is CC(N)c1ccc(-c2cnccn2)c(Cl)c1Cl. The summed E-state index contributed by atoms with van der Waals surface area (Å²) < 4.78 is 0. The molecule has 1 aromatic heterocycles. The molecule has 0 aliphatic heterocycles. The van der Waals surface area contributed by atoms with Crippen molar-refractivity contribution in [3.8, 4) is 11.3 Å². The van der Waals surface area contributed by atoms with Crippen LogP contribution in [0.1, 0.15) is 18.5 Å². The van der Waals surface area contributed by atoms with Gasteiger partial charge in [-0.15, -0.1) is 0 Å². The molecule has 0 radical (unpaired) electrons. The summed E-state index contributed by atoms with van der Waals surface area (Å²) >= 11 is 12.4. The van der Waals surface area contributed by atoms with Crippen LogP contribution in [0.15, 0.2) is 30.7 Å². The number of benzene rings is 1. The van der Waals surface area contributed by atoms with Crippen molar-refractivity contribution in [2.45, 2.75) is 13.0 Å². The number of nitrogens with zero attached hydrogens (tertiary/aromatic N) is 2. The fourth-order valence-electron chi connectivity index (χ4n) is 1.55. The van der Waals surface area contributed by atoms with Crippen LogP contribution in [0.2, 0.25) is 10.0 Å². The van der Waals surface area contributed by atoms with Crippen molar-refractivity contribution in [3.63, 3.8) is 0 Å². The van der Waals surface area contributed by atoms with Crippen LogP contribution in [-0.2, 0) is 0 Å². The Morgan fingerprint density at radius 3 is 2.53 bits per heavy atom. The van der Waals surface area contributed by atoms with E-state index < -0.39 is 0 Å². The Hall–Kier alpha value is -1.16. The summed E-state index contributed by atoms with van der Waals surface area (Å²) in [6.45, 7) is 1.86. The van der Waals surface area contributed by atoms with Gasteiger partial charge in [-0.3, -0.25) is 9.97 Å². The molecule has 0 spiro atoms. The molecule has 0 saturated carbocycles. The number of rotatable bonds is 2. The lowest BCUT2D eigenvalue weighted by atomic mass is 10.0. The third kappa shape index (κ3) is 2.41. The van der Waals surface area contributed by atoms with Gasteiger partial charge < -0.3 is 5.73 Å². The summed E-state index contributed by atoms with van der Waals surface area (Å²) in [7, 11) is 0. The van der Waals surface area contributed by atoms with Gasteiger partial charge in [-0.05, 0) is 12.5 Å². The minimum absolute atomic E-state index is 0.157. The molecule has 0 bridgehead atoms. The largest absolute Gasteiger partial charge is 0.324 e. The van der Waals surface area contributed by atoms with Crippen LogP contribution in [0.25, 0.3) is 11.3 Å². The molecule has 2 N–H and O–H groups in total. The average molecular weight is 268 g/mol. The zero-order valence-electron chi connectivity index (χ0n) is 9.19. The molecular weight excluding hydrogens is 257 g/mol. The maximum absolute atomic E-state index is 6.22. The zero-order chi connectivity index (χ0) is 12.4. The van der Waals surface area contributed by atoms with Gasteiger partial charge in [0.05, 0.1) is 21.9 Å². The molecule has 2 aromatic rings. The Morgan fingerprint density at radius 2 is 1.94 bits per heavy atom. The minimum atomic E-state index is -0.157. The minimum Gasteiger partial charge on any atom is -0.324 e. The van der Waals surface area contributed by atoms with Gasteiger partial charge in [0, 0.05) is 24.0 Å². The van der Waals surface area contributed by atoms with Crippen molar-refractivity contribution < 1.29 is 0 Å². The van der Waals surface area contributed by atoms with Gasteiger partial charge in [-0.2, -0.15) is 0 Å². The first-order valence-electron chi connectivity index (χ1n) is 5.11. The monoisotopic (exact) mass is 267 g/mol. The molecular formula is C12H11Cl2N3. The van der Waals surface area contributed by atoms with Crippen LogP contribution in [0.5, 0.6) is 0 Å². The molecule has 0 saturated heterocycles. The highest BCUT2D eigenvalue weighted by atomic mass is 35.5. The van der Waals surface area contributed by atoms with E-state index in [-0.39, 0.29) is 6.04 Å². The molecule has 1 unspecified atom stereocenters. The standard InChI is InChI=1S/C12H11Cl2N3/c1-7(15)8-2-3-9(12(14)11(8)13)10-6-16-4-5-17-10/h2-7H,15H2,1H3. The maximum atomic E-state index is 6.22. The third-order valence-corrected chi connectivity index (χ3v) is 3.34. The first-order chi connectivity index (χ1) is 8.11. The number of hydrogen-bond acceptors (Lipinski definition) is 3. The van der Waals surface area contributed by atoms with Gasteiger partial charge in [-0.1, -0.05) is 35.3 Å². The molecule has 1 heterocycles. The van der Waals surface area contributed by atoms with Crippen LogP contribution in [0.3, 0.4) is 0 Å². The Bertz CT molecular complexity index is 527. The summed E-state index contributed by atoms with van der Waals surface area (Å²) in [5.41, 5.74) is 8.07. The predicted octanol–water partition coefficient (Wildman–Crippen LogP) is 3.47. The van der Waals surface area contributed by atoms with E-state index in [1.807, 2.05) is 19.1 Å². The van der Waals surface area contributed by atoms with Crippen LogP contribution in [0.4, 0.5) is 0 Å². The smallest absolute Gasteiger partial charge is 0.0900 e. The Balaban J connectivity index is 2.56. The fourth-order valence-corrected chi connectivity index (χ4v) is 2.16. The van der Waals surface area contributed by atoms with Crippen LogP contribution < -0.4 is 5.73 Å². The number of halogens is 2. The van der Waals surface area contributed by atoms with Crippen molar-refractivity contribution in [1.29, 1.82) is 0 Å². The number of nitrogens with two attached hydrogens (primary N) is 1. The molecule has 5 heteroatoms. The Morgan fingerprint density at radius 1 is 1.18 bits per heavy atom. The van der Waals surface area contributed by atoms with Gasteiger partial charge in [0.15, 0.2) is 0 Å². The normalized spacial score (nSPS) is 12.5. The van der Waals surface area contributed by atoms with E-state index in [1.54, 1.807) is 18.6 Å². The summed E-state index contributed by atoms with van der Waals surface area (Å²) in [5, 5.41) is 0.937. The second-order valence-corrected chi connectivity index (χ2v) is 4.47. The first-order valence-corrected chi connectivity index (χ1v) is 5.86. The molecule has 0 fully saturated rings. The van der Waals surface area contributed by atoms with Gasteiger partial charge in [-0.25, -0.2) is 0 Å². The lowest BCUT2D eigenvalue weighted by Crippen LogP contribution is -2.06. The van der Waals surface area contributed by atoms with E-state index in [1.165, 1.54) is 0 Å². The molecule has 3 nitrogen and oxygen atoms in total. The Kier molecular flexibility index (Phi) is 3.62. The van der Waals surface area contributed by atoms with E-state index in [9.17, 15) is 0 Å². The molecule has 17 heavy (non-hydrogen) atoms. The maximum Gasteiger partial charge on any atom is 0.0900 e. The summed E-state index contributed by atoms with van der Waals surface area (Å²) in [4.78, 5) is 8.19. The zero-order valence-corrected chi connectivity index (χ0v) is 10.7. The van der Waals surface area contributed by atoms with Crippen molar-refractivity contribution >= 4 is 23.2 Å². The molecule has 2 rings (SSSR count). The molecule has 0 aliphatic rings. The fraction of sp³-hybridized carbons (Fsp3) is 0.167. The number of aromatic nitrogens is 2. The summed E-state index contributed by atoms with van der Waals surface area (Å²) in [6, 6.07) is 3.57. The van der Waals surface area contributed by atoms with E-state index in [0.29, 0.717) is 15.7 Å². The van der Waals surface area contributed by atoms with E-state index in [4.69, 9.17) is 28.9 Å².